The van der Waals surface area contributed by atoms with Crippen molar-refractivity contribution in [1.29, 1.82) is 0 Å². The minimum absolute atomic E-state index is 0.0793. The number of rotatable bonds is 4. The molecule has 2 rings (SSSR count). The van der Waals surface area contributed by atoms with Gasteiger partial charge in [-0.05, 0) is 24.6 Å². The third-order valence-corrected chi connectivity index (χ3v) is 5.77. The van der Waals surface area contributed by atoms with Crippen molar-refractivity contribution in [3.8, 4) is 0 Å². The molecule has 0 fully saturated rings. The highest BCUT2D eigenvalue weighted by Crippen LogP contribution is 2.26. The van der Waals surface area contributed by atoms with E-state index in [1.165, 1.54) is 17.2 Å². The van der Waals surface area contributed by atoms with Crippen LogP contribution in [0.15, 0.2) is 29.3 Å². The van der Waals surface area contributed by atoms with Crippen LogP contribution in [0.25, 0.3) is 0 Å². The van der Waals surface area contributed by atoms with Gasteiger partial charge in [0.05, 0.1) is 11.1 Å². The number of carbonyl (C=O) groups excluding carboxylic acids is 1. The van der Waals surface area contributed by atoms with Crippen LogP contribution >= 0.6 is 22.9 Å². The van der Waals surface area contributed by atoms with Gasteiger partial charge < -0.3 is 4.90 Å². The SMILES string of the molecule is Cc1c(Cl)cccc1S(=O)(=O)Nc1ncc(C(=O)N(C)C)s1. The highest BCUT2D eigenvalue weighted by Gasteiger charge is 2.21. The van der Waals surface area contributed by atoms with E-state index in [1.807, 2.05) is 0 Å². The van der Waals surface area contributed by atoms with Gasteiger partial charge in [0, 0.05) is 19.1 Å². The molecule has 0 radical (unpaired) electrons. The first kappa shape index (κ1) is 16.7. The zero-order chi connectivity index (χ0) is 16.5. The van der Waals surface area contributed by atoms with Crippen molar-refractivity contribution >= 4 is 44.0 Å². The molecule has 0 bridgehead atoms. The maximum atomic E-state index is 12.4. The molecule has 1 heterocycles. The van der Waals surface area contributed by atoms with Crippen molar-refractivity contribution in [1.82, 2.24) is 9.88 Å². The lowest BCUT2D eigenvalue weighted by Gasteiger charge is -2.09. The average Bonchev–Trinajstić information content (AvgIpc) is 2.88. The molecule has 0 aliphatic heterocycles. The lowest BCUT2D eigenvalue weighted by molar-refractivity contribution is 0.0832. The van der Waals surface area contributed by atoms with Crippen LogP contribution < -0.4 is 4.72 Å². The first-order valence-electron chi connectivity index (χ1n) is 6.18. The van der Waals surface area contributed by atoms with Crippen molar-refractivity contribution in [2.75, 3.05) is 18.8 Å². The Hall–Kier alpha value is -1.64. The van der Waals surface area contributed by atoms with E-state index in [1.54, 1.807) is 33.2 Å². The van der Waals surface area contributed by atoms with Gasteiger partial charge in [-0.1, -0.05) is 29.0 Å². The van der Waals surface area contributed by atoms with Gasteiger partial charge in [-0.25, -0.2) is 13.4 Å². The predicted molar refractivity (Wildman–Crippen MR) is 87.1 cm³/mol. The van der Waals surface area contributed by atoms with Crippen LogP contribution in [-0.2, 0) is 10.0 Å². The summed E-state index contributed by atoms with van der Waals surface area (Å²) in [5.41, 5.74) is 0.456. The molecule has 22 heavy (non-hydrogen) atoms. The first-order chi connectivity index (χ1) is 10.2. The third-order valence-electron chi connectivity index (χ3n) is 2.85. The van der Waals surface area contributed by atoms with Gasteiger partial charge in [0.25, 0.3) is 15.9 Å². The summed E-state index contributed by atoms with van der Waals surface area (Å²) in [6, 6.07) is 4.64. The summed E-state index contributed by atoms with van der Waals surface area (Å²) in [5, 5.41) is 0.495. The smallest absolute Gasteiger partial charge is 0.265 e. The van der Waals surface area contributed by atoms with Crippen molar-refractivity contribution in [2.45, 2.75) is 11.8 Å². The number of aromatic nitrogens is 1. The lowest BCUT2D eigenvalue weighted by Crippen LogP contribution is -2.20. The molecular formula is C13H14ClN3O3S2. The molecule has 1 aromatic heterocycles. The number of amides is 1. The number of thiazole rings is 1. The Morgan fingerprint density at radius 1 is 1.36 bits per heavy atom. The van der Waals surface area contributed by atoms with Crippen LogP contribution in [0.2, 0.25) is 5.02 Å². The van der Waals surface area contributed by atoms with Gasteiger partial charge in [-0.3, -0.25) is 9.52 Å². The number of hydrogen-bond donors (Lipinski definition) is 1. The molecule has 0 saturated heterocycles. The largest absolute Gasteiger partial charge is 0.344 e. The van der Waals surface area contributed by atoms with E-state index in [0.717, 1.165) is 11.3 Å². The normalized spacial score (nSPS) is 11.3. The zero-order valence-corrected chi connectivity index (χ0v) is 14.5. The van der Waals surface area contributed by atoms with Crippen LogP contribution in [0.3, 0.4) is 0 Å². The van der Waals surface area contributed by atoms with Crippen molar-refractivity contribution in [2.24, 2.45) is 0 Å². The summed E-state index contributed by atoms with van der Waals surface area (Å²) in [6.07, 6.45) is 1.34. The summed E-state index contributed by atoms with van der Waals surface area (Å²) < 4.78 is 27.1. The molecule has 1 N–H and O–H groups in total. The molecule has 0 atom stereocenters. The zero-order valence-electron chi connectivity index (χ0n) is 12.1. The highest BCUT2D eigenvalue weighted by atomic mass is 35.5. The van der Waals surface area contributed by atoms with E-state index in [4.69, 9.17) is 11.6 Å². The molecule has 9 heteroatoms. The van der Waals surface area contributed by atoms with Crippen LogP contribution in [-0.4, -0.2) is 38.3 Å². The molecule has 0 aliphatic rings. The topological polar surface area (TPSA) is 79.4 Å². The summed E-state index contributed by atoms with van der Waals surface area (Å²) >= 11 is 6.92. The molecule has 1 amide bonds. The maximum absolute atomic E-state index is 12.4. The van der Waals surface area contributed by atoms with E-state index in [0.29, 0.717) is 15.5 Å². The minimum Gasteiger partial charge on any atom is -0.344 e. The number of benzene rings is 1. The molecule has 0 saturated carbocycles. The summed E-state index contributed by atoms with van der Waals surface area (Å²) in [6.45, 7) is 1.62. The Labute approximate surface area is 137 Å². The van der Waals surface area contributed by atoms with E-state index in [2.05, 4.69) is 9.71 Å². The molecule has 118 valence electrons. The quantitative estimate of drug-likeness (QED) is 0.910. The third kappa shape index (κ3) is 3.40. The molecule has 2 aromatic rings. The van der Waals surface area contributed by atoms with E-state index < -0.39 is 10.0 Å². The number of halogens is 1. The highest BCUT2D eigenvalue weighted by molar-refractivity contribution is 7.93. The van der Waals surface area contributed by atoms with Crippen LogP contribution in [0.5, 0.6) is 0 Å². The number of carbonyl (C=O) groups is 1. The van der Waals surface area contributed by atoms with Gasteiger partial charge in [0.2, 0.25) is 0 Å². The standard InChI is InChI=1S/C13H14ClN3O3S2/c1-8-9(14)5-4-6-11(8)22(19,20)16-13-15-7-10(21-13)12(18)17(2)3/h4-7H,1-3H3,(H,15,16). The predicted octanol–water partition coefficient (Wildman–Crippen LogP) is 2.61. The summed E-state index contributed by atoms with van der Waals surface area (Å²) in [5.74, 6) is -0.234. The average molecular weight is 360 g/mol. The monoisotopic (exact) mass is 359 g/mol. The van der Waals surface area contributed by atoms with E-state index >= 15 is 0 Å². The lowest BCUT2D eigenvalue weighted by atomic mass is 10.2. The Balaban J connectivity index is 2.30. The number of anilines is 1. The minimum atomic E-state index is -3.81. The van der Waals surface area contributed by atoms with Gasteiger partial charge in [0.15, 0.2) is 5.13 Å². The second kappa shape index (κ2) is 6.23. The van der Waals surface area contributed by atoms with Crippen LogP contribution in [0, 0.1) is 6.92 Å². The van der Waals surface area contributed by atoms with E-state index in [9.17, 15) is 13.2 Å². The van der Waals surface area contributed by atoms with Crippen LogP contribution in [0.1, 0.15) is 15.2 Å². The number of hydrogen-bond acceptors (Lipinski definition) is 5. The maximum Gasteiger partial charge on any atom is 0.265 e. The van der Waals surface area contributed by atoms with Crippen LogP contribution in [0.4, 0.5) is 5.13 Å². The molecule has 1 aromatic carbocycles. The number of nitrogens with zero attached hydrogens (tertiary/aromatic N) is 2. The van der Waals surface area contributed by atoms with E-state index in [-0.39, 0.29) is 15.9 Å². The Morgan fingerprint density at radius 3 is 2.68 bits per heavy atom. The molecule has 0 unspecified atom stereocenters. The second-order valence-corrected chi connectivity index (χ2v) is 7.79. The fourth-order valence-electron chi connectivity index (χ4n) is 1.69. The van der Waals surface area contributed by atoms with Crippen molar-refractivity contribution in [3.63, 3.8) is 0 Å². The van der Waals surface area contributed by atoms with Gasteiger partial charge in [-0.2, -0.15) is 0 Å². The second-order valence-electron chi connectivity index (χ2n) is 4.70. The van der Waals surface area contributed by atoms with Gasteiger partial charge >= 0.3 is 0 Å². The van der Waals surface area contributed by atoms with Gasteiger partial charge in [0.1, 0.15) is 4.88 Å². The number of sulfonamides is 1. The van der Waals surface area contributed by atoms with Crippen molar-refractivity contribution in [3.05, 3.63) is 39.9 Å². The molecular weight excluding hydrogens is 346 g/mol. The Bertz CT molecular complexity index is 816. The fraction of sp³-hybridized carbons (Fsp3) is 0.231. The summed E-state index contributed by atoms with van der Waals surface area (Å²) in [7, 11) is -0.586. The molecule has 6 nitrogen and oxygen atoms in total. The van der Waals surface area contributed by atoms with Crippen molar-refractivity contribution < 1.29 is 13.2 Å². The fourth-order valence-corrected chi connectivity index (χ4v) is 4.27. The Morgan fingerprint density at radius 2 is 2.05 bits per heavy atom. The van der Waals surface area contributed by atoms with Gasteiger partial charge in [-0.15, -0.1) is 0 Å². The first-order valence-corrected chi connectivity index (χ1v) is 8.85. The Kier molecular flexibility index (Phi) is 4.74. The molecule has 0 spiro atoms. The summed E-state index contributed by atoms with van der Waals surface area (Å²) in [4.78, 5) is 17.6. The molecule has 0 aliphatic carbocycles. The number of nitrogens with one attached hydrogen (secondary N) is 1.